The number of rotatable bonds is 3. The minimum Gasteiger partial charge on any atom is -0.298 e. The van der Waals surface area contributed by atoms with Crippen molar-refractivity contribution in [1.82, 2.24) is 4.98 Å². The van der Waals surface area contributed by atoms with E-state index in [1.807, 2.05) is 0 Å². The molecular formula is C14H12ClN3O4S2. The molecule has 0 spiro atoms. The van der Waals surface area contributed by atoms with Crippen molar-refractivity contribution in [2.45, 2.75) is 13.3 Å². The number of thiazole rings is 1. The highest BCUT2D eigenvalue weighted by Crippen LogP contribution is 2.30. The van der Waals surface area contributed by atoms with Crippen LogP contribution in [-0.4, -0.2) is 31.0 Å². The molecule has 1 aliphatic rings. The van der Waals surface area contributed by atoms with Crippen LogP contribution in [0.15, 0.2) is 23.6 Å². The summed E-state index contributed by atoms with van der Waals surface area (Å²) in [6, 6.07) is 4.06. The number of carbonyl (C=O) groups is 2. The molecule has 1 N–H and O–H groups in total. The molecule has 1 aromatic carbocycles. The van der Waals surface area contributed by atoms with Gasteiger partial charge in [-0.2, -0.15) is 0 Å². The van der Waals surface area contributed by atoms with Crippen LogP contribution in [0.25, 0.3) is 0 Å². The van der Waals surface area contributed by atoms with Gasteiger partial charge in [0.2, 0.25) is 15.9 Å². The number of aryl methyl sites for hydroxylation is 1. The molecule has 24 heavy (non-hydrogen) atoms. The van der Waals surface area contributed by atoms with Gasteiger partial charge in [0.1, 0.15) is 0 Å². The summed E-state index contributed by atoms with van der Waals surface area (Å²) in [6.07, 6.45) is -0.0639. The van der Waals surface area contributed by atoms with Gasteiger partial charge in [0.15, 0.2) is 5.13 Å². The molecular weight excluding hydrogens is 374 g/mol. The second-order valence-electron chi connectivity index (χ2n) is 5.14. The number of hydrogen-bond donors (Lipinski definition) is 1. The second kappa shape index (κ2) is 6.15. The molecule has 0 bridgehead atoms. The number of aromatic nitrogens is 1. The standard InChI is InChI=1S/C14H12ClN3O4S2/c1-8-7-23-14(16-8)17-13(20)10-3-2-9(6-11(10)15)18-12(19)4-5-24(18,21)22/h2-3,6-7H,4-5H2,1H3,(H,16,17,20). The number of anilines is 2. The van der Waals surface area contributed by atoms with Crippen molar-refractivity contribution in [3.05, 3.63) is 39.9 Å². The predicted octanol–water partition coefficient (Wildman–Crippen LogP) is 2.42. The van der Waals surface area contributed by atoms with Crippen molar-refractivity contribution >= 4 is 55.6 Å². The third-order valence-corrected chi connectivity index (χ3v) is 6.23. The highest BCUT2D eigenvalue weighted by molar-refractivity contribution is 7.94. The third kappa shape index (κ3) is 3.14. The summed E-state index contributed by atoms with van der Waals surface area (Å²) in [5.74, 6) is -1.20. The lowest BCUT2D eigenvalue weighted by molar-refractivity contribution is -0.116. The Morgan fingerprint density at radius 1 is 1.42 bits per heavy atom. The number of benzene rings is 1. The Hall–Kier alpha value is -1.97. The van der Waals surface area contributed by atoms with Gasteiger partial charge in [-0.25, -0.2) is 17.7 Å². The molecule has 1 fully saturated rings. The number of halogens is 1. The lowest BCUT2D eigenvalue weighted by Gasteiger charge is -2.16. The number of nitrogens with zero attached hydrogens (tertiary/aromatic N) is 2. The highest BCUT2D eigenvalue weighted by atomic mass is 35.5. The van der Waals surface area contributed by atoms with Crippen LogP contribution in [0, 0.1) is 6.92 Å². The van der Waals surface area contributed by atoms with Crippen LogP contribution in [0.2, 0.25) is 5.02 Å². The largest absolute Gasteiger partial charge is 0.298 e. The van der Waals surface area contributed by atoms with Crippen molar-refractivity contribution in [3.63, 3.8) is 0 Å². The van der Waals surface area contributed by atoms with Gasteiger partial charge in [-0.15, -0.1) is 11.3 Å². The van der Waals surface area contributed by atoms with Crippen LogP contribution in [0.4, 0.5) is 10.8 Å². The van der Waals surface area contributed by atoms with E-state index < -0.39 is 21.8 Å². The number of amides is 2. The van der Waals surface area contributed by atoms with Gasteiger partial charge >= 0.3 is 0 Å². The smallest absolute Gasteiger partial charge is 0.258 e. The van der Waals surface area contributed by atoms with Crippen LogP contribution < -0.4 is 9.62 Å². The molecule has 3 rings (SSSR count). The van der Waals surface area contributed by atoms with E-state index in [-0.39, 0.29) is 28.4 Å². The fourth-order valence-electron chi connectivity index (χ4n) is 2.26. The molecule has 0 saturated carbocycles. The third-order valence-electron chi connectivity index (χ3n) is 3.35. The van der Waals surface area contributed by atoms with Crippen LogP contribution >= 0.6 is 22.9 Å². The number of hydrogen-bond acceptors (Lipinski definition) is 6. The summed E-state index contributed by atoms with van der Waals surface area (Å²) >= 11 is 7.39. The number of nitrogens with one attached hydrogen (secondary N) is 1. The van der Waals surface area contributed by atoms with Crippen molar-refractivity contribution in [2.75, 3.05) is 15.4 Å². The zero-order valence-electron chi connectivity index (χ0n) is 12.4. The highest BCUT2D eigenvalue weighted by Gasteiger charge is 2.36. The minimum absolute atomic E-state index is 0.0492. The van der Waals surface area contributed by atoms with Crippen molar-refractivity contribution in [1.29, 1.82) is 0 Å². The summed E-state index contributed by atoms with van der Waals surface area (Å²) in [6.45, 7) is 1.81. The summed E-state index contributed by atoms with van der Waals surface area (Å²) in [5, 5.41) is 4.90. The molecule has 2 amide bonds. The minimum atomic E-state index is -3.67. The molecule has 7 nitrogen and oxygen atoms in total. The monoisotopic (exact) mass is 385 g/mol. The Bertz CT molecular complexity index is 939. The van der Waals surface area contributed by atoms with Crippen molar-refractivity contribution in [3.8, 4) is 0 Å². The van der Waals surface area contributed by atoms with E-state index in [0.29, 0.717) is 5.13 Å². The maximum absolute atomic E-state index is 12.2. The average molecular weight is 386 g/mol. The zero-order valence-corrected chi connectivity index (χ0v) is 14.8. The average Bonchev–Trinajstić information content (AvgIpc) is 3.01. The van der Waals surface area contributed by atoms with Crippen LogP contribution in [-0.2, 0) is 14.8 Å². The summed E-state index contributed by atoms with van der Waals surface area (Å²) < 4.78 is 24.6. The lowest BCUT2D eigenvalue weighted by atomic mass is 10.2. The Morgan fingerprint density at radius 2 is 2.17 bits per heavy atom. The molecule has 0 atom stereocenters. The Kier molecular flexibility index (Phi) is 4.33. The number of carbonyl (C=O) groups excluding carboxylic acids is 2. The van der Waals surface area contributed by atoms with E-state index in [1.165, 1.54) is 29.5 Å². The maximum Gasteiger partial charge on any atom is 0.258 e. The Morgan fingerprint density at radius 3 is 2.71 bits per heavy atom. The fourth-order valence-corrected chi connectivity index (χ4v) is 4.65. The van der Waals surface area contributed by atoms with Gasteiger partial charge in [0, 0.05) is 11.8 Å². The van der Waals surface area contributed by atoms with E-state index in [4.69, 9.17) is 11.6 Å². The first kappa shape index (κ1) is 16.9. The van der Waals surface area contributed by atoms with E-state index >= 15 is 0 Å². The van der Waals surface area contributed by atoms with Gasteiger partial charge in [-0.3, -0.25) is 14.9 Å². The van der Waals surface area contributed by atoms with Crippen LogP contribution in [0.1, 0.15) is 22.5 Å². The first-order valence-electron chi connectivity index (χ1n) is 6.87. The molecule has 126 valence electrons. The molecule has 10 heteroatoms. The van der Waals surface area contributed by atoms with Gasteiger partial charge in [-0.1, -0.05) is 11.6 Å². The first-order chi connectivity index (χ1) is 11.3. The van der Waals surface area contributed by atoms with Gasteiger partial charge in [-0.05, 0) is 25.1 Å². The van der Waals surface area contributed by atoms with E-state index in [1.54, 1.807) is 12.3 Å². The topological polar surface area (TPSA) is 96.4 Å². The molecule has 2 heterocycles. The zero-order chi connectivity index (χ0) is 17.5. The quantitative estimate of drug-likeness (QED) is 0.875. The Labute approximate surface area is 147 Å². The molecule has 1 saturated heterocycles. The molecule has 0 radical (unpaired) electrons. The van der Waals surface area contributed by atoms with Gasteiger partial charge < -0.3 is 0 Å². The fraction of sp³-hybridized carbons (Fsp3) is 0.214. The van der Waals surface area contributed by atoms with Crippen molar-refractivity contribution in [2.24, 2.45) is 0 Å². The summed E-state index contributed by atoms with van der Waals surface area (Å²) in [7, 11) is -3.67. The van der Waals surface area contributed by atoms with E-state index in [0.717, 1.165) is 10.00 Å². The molecule has 2 aromatic rings. The molecule has 1 aliphatic heterocycles. The van der Waals surface area contributed by atoms with E-state index in [9.17, 15) is 18.0 Å². The number of sulfonamides is 1. The van der Waals surface area contributed by atoms with Crippen LogP contribution in [0.3, 0.4) is 0 Å². The summed E-state index contributed by atoms with van der Waals surface area (Å²) in [5.41, 5.74) is 1.08. The van der Waals surface area contributed by atoms with E-state index in [2.05, 4.69) is 10.3 Å². The predicted molar refractivity (Wildman–Crippen MR) is 92.1 cm³/mol. The second-order valence-corrected chi connectivity index (χ2v) is 8.34. The van der Waals surface area contributed by atoms with Crippen LogP contribution in [0.5, 0.6) is 0 Å². The molecule has 1 aromatic heterocycles. The van der Waals surface area contributed by atoms with Gasteiger partial charge in [0.25, 0.3) is 5.91 Å². The molecule has 0 aliphatic carbocycles. The lowest BCUT2D eigenvalue weighted by Crippen LogP contribution is -2.29. The maximum atomic E-state index is 12.2. The Balaban J connectivity index is 1.87. The summed E-state index contributed by atoms with van der Waals surface area (Å²) in [4.78, 5) is 28.1. The first-order valence-corrected chi connectivity index (χ1v) is 9.73. The van der Waals surface area contributed by atoms with Gasteiger partial charge in [0.05, 0.1) is 27.7 Å². The normalized spacial score (nSPS) is 16.4. The molecule has 0 unspecified atom stereocenters. The SMILES string of the molecule is Cc1csc(NC(=O)c2ccc(N3C(=O)CCS3(=O)=O)cc2Cl)n1. The van der Waals surface area contributed by atoms with Crippen molar-refractivity contribution < 1.29 is 18.0 Å².